The van der Waals surface area contributed by atoms with E-state index >= 15 is 0 Å². The maximum Gasteiger partial charge on any atom is 0.231 e. The molecule has 1 fully saturated rings. The Balaban J connectivity index is 1.18. The van der Waals surface area contributed by atoms with Crippen molar-refractivity contribution in [1.82, 2.24) is 4.90 Å². The summed E-state index contributed by atoms with van der Waals surface area (Å²) >= 11 is 0. The zero-order valence-corrected chi connectivity index (χ0v) is 16.8. The van der Waals surface area contributed by atoms with E-state index in [9.17, 15) is 5.11 Å². The largest absolute Gasteiger partial charge is 0.495 e. The third kappa shape index (κ3) is 4.93. The summed E-state index contributed by atoms with van der Waals surface area (Å²) in [6.45, 7) is 5.24. The minimum absolute atomic E-state index is 0.267. The van der Waals surface area contributed by atoms with Crippen LogP contribution in [0.5, 0.6) is 17.2 Å². The van der Waals surface area contributed by atoms with Gasteiger partial charge in [-0.25, -0.2) is 0 Å². The van der Waals surface area contributed by atoms with Gasteiger partial charge in [-0.1, -0.05) is 18.2 Å². The Bertz CT molecular complexity index is 808. The molecular formula is C22H28N2O5. The number of rotatable bonds is 8. The first-order valence-corrected chi connectivity index (χ1v) is 9.97. The lowest BCUT2D eigenvalue weighted by molar-refractivity contribution is 0.00910. The lowest BCUT2D eigenvalue weighted by Crippen LogP contribution is -2.49. The van der Waals surface area contributed by atoms with Gasteiger partial charge in [0, 0.05) is 32.7 Å². The molecule has 0 bridgehead atoms. The molecule has 0 saturated carbocycles. The quantitative estimate of drug-likeness (QED) is 0.728. The van der Waals surface area contributed by atoms with Gasteiger partial charge in [0.05, 0.1) is 32.1 Å². The number of para-hydroxylation sites is 2. The molecule has 2 aliphatic heterocycles. The maximum absolute atomic E-state index is 10.4. The van der Waals surface area contributed by atoms with Crippen LogP contribution in [-0.4, -0.2) is 69.3 Å². The molecule has 2 aromatic rings. The summed E-state index contributed by atoms with van der Waals surface area (Å²) in [4.78, 5) is 4.61. The molecule has 2 heterocycles. The van der Waals surface area contributed by atoms with Crippen molar-refractivity contribution in [2.75, 3.05) is 58.1 Å². The van der Waals surface area contributed by atoms with Gasteiger partial charge in [0.2, 0.25) is 6.79 Å². The van der Waals surface area contributed by atoms with E-state index in [0.717, 1.165) is 54.7 Å². The Morgan fingerprint density at radius 2 is 1.83 bits per heavy atom. The van der Waals surface area contributed by atoms with Gasteiger partial charge >= 0.3 is 0 Å². The molecular weight excluding hydrogens is 372 g/mol. The molecule has 0 aliphatic carbocycles. The van der Waals surface area contributed by atoms with Gasteiger partial charge in [-0.3, -0.25) is 4.90 Å². The minimum Gasteiger partial charge on any atom is -0.495 e. The second-order valence-electron chi connectivity index (χ2n) is 7.32. The number of piperazine rings is 1. The molecule has 1 saturated heterocycles. The van der Waals surface area contributed by atoms with Crippen LogP contribution in [0.15, 0.2) is 42.5 Å². The molecule has 29 heavy (non-hydrogen) atoms. The van der Waals surface area contributed by atoms with Crippen LogP contribution in [0, 0.1) is 0 Å². The summed E-state index contributed by atoms with van der Waals surface area (Å²) in [5.74, 6) is 2.42. The van der Waals surface area contributed by atoms with Crippen molar-refractivity contribution in [3.63, 3.8) is 0 Å². The number of ether oxygens (including phenoxy) is 4. The highest BCUT2D eigenvalue weighted by Crippen LogP contribution is 2.32. The molecule has 0 aromatic heterocycles. The number of hydrogen-bond acceptors (Lipinski definition) is 7. The molecule has 0 amide bonds. The maximum atomic E-state index is 10.4. The van der Waals surface area contributed by atoms with E-state index in [1.807, 2.05) is 36.4 Å². The minimum atomic E-state index is -0.512. The highest BCUT2D eigenvalue weighted by molar-refractivity contribution is 5.58. The zero-order valence-electron chi connectivity index (χ0n) is 16.8. The molecule has 156 valence electrons. The number of nitrogens with zero attached hydrogens (tertiary/aromatic N) is 2. The molecule has 0 spiro atoms. The molecule has 1 atom stereocenters. The number of aliphatic hydroxyl groups is 1. The smallest absolute Gasteiger partial charge is 0.231 e. The van der Waals surface area contributed by atoms with Gasteiger partial charge in [-0.2, -0.15) is 0 Å². The fourth-order valence-corrected chi connectivity index (χ4v) is 3.76. The Hall–Kier alpha value is -2.48. The van der Waals surface area contributed by atoms with Crippen molar-refractivity contribution in [1.29, 1.82) is 0 Å². The van der Waals surface area contributed by atoms with Gasteiger partial charge in [-0.15, -0.1) is 0 Å². The van der Waals surface area contributed by atoms with Crippen molar-refractivity contribution in [2.45, 2.75) is 12.7 Å². The molecule has 1 N–H and O–H groups in total. The van der Waals surface area contributed by atoms with Crippen molar-refractivity contribution in [2.24, 2.45) is 0 Å². The summed E-state index contributed by atoms with van der Waals surface area (Å²) in [5.41, 5.74) is 2.13. The van der Waals surface area contributed by atoms with E-state index < -0.39 is 6.10 Å². The van der Waals surface area contributed by atoms with Gasteiger partial charge in [0.15, 0.2) is 11.5 Å². The predicted octanol–water partition coefficient (Wildman–Crippen LogP) is 2.12. The van der Waals surface area contributed by atoms with Crippen LogP contribution in [0.25, 0.3) is 0 Å². The molecule has 2 aromatic carbocycles. The number of benzene rings is 2. The molecule has 2 aliphatic rings. The first-order chi connectivity index (χ1) is 14.2. The van der Waals surface area contributed by atoms with Crippen LogP contribution in [0.4, 0.5) is 5.69 Å². The van der Waals surface area contributed by atoms with Crippen molar-refractivity contribution < 1.29 is 24.1 Å². The Morgan fingerprint density at radius 1 is 1.03 bits per heavy atom. The van der Waals surface area contributed by atoms with Crippen molar-refractivity contribution in [3.8, 4) is 17.2 Å². The highest BCUT2D eigenvalue weighted by atomic mass is 16.7. The lowest BCUT2D eigenvalue weighted by Gasteiger charge is -2.37. The number of β-amino-alcohol motifs (C(OH)–C–C–N with tert-alkyl or cyclic N) is 1. The molecule has 4 rings (SSSR count). The molecule has 0 radical (unpaired) electrons. The monoisotopic (exact) mass is 400 g/mol. The van der Waals surface area contributed by atoms with Crippen LogP contribution in [0.1, 0.15) is 5.56 Å². The fourth-order valence-electron chi connectivity index (χ4n) is 3.76. The molecule has 7 nitrogen and oxygen atoms in total. The first-order valence-electron chi connectivity index (χ1n) is 9.97. The fraction of sp³-hybridized carbons (Fsp3) is 0.455. The van der Waals surface area contributed by atoms with E-state index in [-0.39, 0.29) is 6.79 Å². The molecule has 7 heteroatoms. The van der Waals surface area contributed by atoms with Crippen molar-refractivity contribution in [3.05, 3.63) is 48.0 Å². The predicted molar refractivity (Wildman–Crippen MR) is 110 cm³/mol. The van der Waals surface area contributed by atoms with Crippen LogP contribution in [-0.2, 0) is 11.3 Å². The standard InChI is InChI=1S/C22H28N2O5/c1-26-20-5-3-2-4-19(20)24-10-8-23(9-11-24)13-18(25)15-27-14-17-6-7-21-22(12-17)29-16-28-21/h2-7,12,18,25H,8-11,13-16H2,1H3/t18-/m1/s1. The van der Waals surface area contributed by atoms with Crippen LogP contribution in [0.3, 0.4) is 0 Å². The average molecular weight is 400 g/mol. The first kappa shape index (κ1) is 19.8. The average Bonchev–Trinajstić information content (AvgIpc) is 3.22. The van der Waals surface area contributed by atoms with Crippen LogP contribution < -0.4 is 19.1 Å². The Labute approximate surface area is 171 Å². The second-order valence-corrected chi connectivity index (χ2v) is 7.32. The lowest BCUT2D eigenvalue weighted by atomic mass is 10.2. The van der Waals surface area contributed by atoms with Crippen LogP contribution in [0.2, 0.25) is 0 Å². The van der Waals surface area contributed by atoms with E-state index in [2.05, 4.69) is 15.9 Å². The van der Waals surface area contributed by atoms with E-state index in [0.29, 0.717) is 19.8 Å². The second kappa shape index (κ2) is 9.35. The van der Waals surface area contributed by atoms with Crippen molar-refractivity contribution >= 4 is 5.69 Å². The Morgan fingerprint density at radius 3 is 2.66 bits per heavy atom. The number of anilines is 1. The SMILES string of the molecule is COc1ccccc1N1CCN(C[C@@H](O)COCc2ccc3c(c2)OCO3)CC1. The normalized spacial score (nSPS) is 17.4. The van der Waals surface area contributed by atoms with Crippen LogP contribution >= 0.6 is 0 Å². The van der Waals surface area contributed by atoms with Gasteiger partial charge in [-0.05, 0) is 29.8 Å². The number of methoxy groups -OCH3 is 1. The third-order valence-corrected chi connectivity index (χ3v) is 5.28. The number of fused-ring (bicyclic) bond motifs is 1. The zero-order chi connectivity index (χ0) is 20.1. The van der Waals surface area contributed by atoms with E-state index in [1.165, 1.54) is 0 Å². The summed E-state index contributed by atoms with van der Waals surface area (Å²) in [6.07, 6.45) is -0.512. The van der Waals surface area contributed by atoms with Gasteiger partial charge < -0.3 is 29.0 Å². The summed E-state index contributed by atoms with van der Waals surface area (Å²) in [5, 5.41) is 10.4. The Kier molecular flexibility index (Phi) is 6.39. The van der Waals surface area contributed by atoms with Gasteiger partial charge in [0.25, 0.3) is 0 Å². The topological polar surface area (TPSA) is 63.6 Å². The van der Waals surface area contributed by atoms with E-state index in [1.54, 1.807) is 7.11 Å². The third-order valence-electron chi connectivity index (χ3n) is 5.28. The summed E-state index contributed by atoms with van der Waals surface area (Å²) in [7, 11) is 1.70. The highest BCUT2D eigenvalue weighted by Gasteiger charge is 2.21. The van der Waals surface area contributed by atoms with Gasteiger partial charge in [0.1, 0.15) is 5.75 Å². The number of hydrogen-bond donors (Lipinski definition) is 1. The molecule has 0 unspecified atom stereocenters. The summed E-state index contributed by atoms with van der Waals surface area (Å²) in [6, 6.07) is 13.9. The summed E-state index contributed by atoms with van der Waals surface area (Å²) < 4.78 is 21.9. The number of aliphatic hydroxyl groups excluding tert-OH is 1. The van der Waals surface area contributed by atoms with E-state index in [4.69, 9.17) is 18.9 Å².